The molecule has 0 saturated heterocycles. The van der Waals surface area contributed by atoms with Gasteiger partial charge in [-0.2, -0.15) is 8.78 Å². The van der Waals surface area contributed by atoms with Gasteiger partial charge in [0.1, 0.15) is 11.5 Å². The summed E-state index contributed by atoms with van der Waals surface area (Å²) >= 11 is 0. The smallest absolute Gasteiger partial charge is 0.387 e. The van der Waals surface area contributed by atoms with Crippen molar-refractivity contribution in [2.24, 2.45) is 0 Å². The van der Waals surface area contributed by atoms with Gasteiger partial charge in [0.05, 0.1) is 19.3 Å². The van der Waals surface area contributed by atoms with Crippen LogP contribution < -0.4 is 10.1 Å². The fourth-order valence-corrected chi connectivity index (χ4v) is 2.79. The van der Waals surface area contributed by atoms with Crippen LogP contribution in [0.3, 0.4) is 0 Å². The number of nitrogens with one attached hydrogen (secondary N) is 1. The second kappa shape index (κ2) is 9.89. The van der Waals surface area contributed by atoms with Crippen molar-refractivity contribution in [2.75, 3.05) is 11.9 Å². The molecule has 0 bridgehead atoms. The number of rotatable bonds is 9. The van der Waals surface area contributed by atoms with Crippen molar-refractivity contribution >= 4 is 11.7 Å². The quantitative estimate of drug-likeness (QED) is 0.386. The number of ether oxygens (including phenoxy) is 2. The Hall–Kier alpha value is -3.39. The maximum atomic E-state index is 12.2. The molecule has 3 rings (SSSR count). The Labute approximate surface area is 172 Å². The lowest BCUT2D eigenvalue weighted by Gasteiger charge is -2.12. The second-order valence-corrected chi connectivity index (χ2v) is 6.37. The first-order valence-electron chi connectivity index (χ1n) is 9.27. The normalized spacial score (nSPS) is 11.9. The van der Waals surface area contributed by atoms with Crippen LogP contribution in [0.5, 0.6) is 5.75 Å². The largest absolute Gasteiger partial charge is 0.466 e. The van der Waals surface area contributed by atoms with Crippen molar-refractivity contribution in [1.29, 1.82) is 0 Å². The van der Waals surface area contributed by atoms with Gasteiger partial charge in [-0.05, 0) is 55.0 Å². The third-order valence-corrected chi connectivity index (χ3v) is 4.21. The Balaban J connectivity index is 1.61. The topological polar surface area (TPSA) is 80.9 Å². The number of esters is 1. The Bertz CT molecular complexity index is 954. The molecular formula is C22H21F2NO5. The first-order chi connectivity index (χ1) is 14.4. The standard InChI is InChI=1S/C22H21F2NO5/c1-2-28-20(26)11-14-3-7-17(8-4-14)25-21(27)16-12-19(29-13-16)15-5-9-18(10-6-15)30-22(23)24/h3-10,12-13,21-22,25,27H,2,11H2,1H3. The highest BCUT2D eigenvalue weighted by Crippen LogP contribution is 2.28. The maximum Gasteiger partial charge on any atom is 0.387 e. The molecule has 6 nitrogen and oxygen atoms in total. The molecule has 0 amide bonds. The van der Waals surface area contributed by atoms with Gasteiger partial charge < -0.3 is 24.3 Å². The van der Waals surface area contributed by atoms with E-state index >= 15 is 0 Å². The number of anilines is 1. The van der Waals surface area contributed by atoms with Gasteiger partial charge in [0.25, 0.3) is 0 Å². The summed E-state index contributed by atoms with van der Waals surface area (Å²) in [5, 5.41) is 13.3. The molecule has 158 valence electrons. The lowest BCUT2D eigenvalue weighted by molar-refractivity contribution is -0.142. The number of benzene rings is 2. The monoisotopic (exact) mass is 417 g/mol. The van der Waals surface area contributed by atoms with Crippen molar-refractivity contribution < 1.29 is 32.6 Å². The van der Waals surface area contributed by atoms with Crippen molar-refractivity contribution in [3.63, 3.8) is 0 Å². The number of halogens is 2. The average Bonchev–Trinajstić information content (AvgIpc) is 3.20. The van der Waals surface area contributed by atoms with E-state index in [1.807, 2.05) is 0 Å². The predicted octanol–water partition coefficient (Wildman–Crippen LogP) is 4.76. The summed E-state index contributed by atoms with van der Waals surface area (Å²) in [6, 6.07) is 14.7. The molecule has 2 aromatic carbocycles. The predicted molar refractivity (Wildman–Crippen MR) is 106 cm³/mol. The van der Waals surface area contributed by atoms with Crippen molar-refractivity contribution in [1.82, 2.24) is 0 Å². The van der Waals surface area contributed by atoms with E-state index in [1.54, 1.807) is 49.4 Å². The SMILES string of the molecule is CCOC(=O)Cc1ccc(NC(O)c2coc(-c3ccc(OC(F)F)cc3)c2)cc1. The van der Waals surface area contributed by atoms with E-state index in [9.17, 15) is 18.7 Å². The van der Waals surface area contributed by atoms with Gasteiger partial charge in [-0.25, -0.2) is 0 Å². The molecule has 2 N–H and O–H groups in total. The summed E-state index contributed by atoms with van der Waals surface area (Å²) in [5.41, 5.74) is 2.61. The Morgan fingerprint density at radius 1 is 1.13 bits per heavy atom. The molecule has 0 aliphatic rings. The molecule has 1 heterocycles. The van der Waals surface area contributed by atoms with Crippen LogP contribution in [0.25, 0.3) is 11.3 Å². The first kappa shape index (κ1) is 21.3. The van der Waals surface area contributed by atoms with Crippen LogP contribution in [0.2, 0.25) is 0 Å². The fraction of sp³-hybridized carbons (Fsp3) is 0.227. The molecule has 0 fully saturated rings. The zero-order valence-electron chi connectivity index (χ0n) is 16.2. The molecule has 0 radical (unpaired) electrons. The average molecular weight is 417 g/mol. The summed E-state index contributed by atoms with van der Waals surface area (Å²) in [7, 11) is 0. The molecule has 0 aliphatic carbocycles. The highest BCUT2D eigenvalue weighted by molar-refractivity contribution is 5.72. The second-order valence-electron chi connectivity index (χ2n) is 6.37. The van der Waals surface area contributed by atoms with Gasteiger partial charge in [0.15, 0.2) is 6.23 Å². The molecule has 0 aliphatic heterocycles. The third-order valence-electron chi connectivity index (χ3n) is 4.21. The zero-order valence-corrected chi connectivity index (χ0v) is 16.2. The van der Waals surface area contributed by atoms with E-state index in [0.29, 0.717) is 29.2 Å². The Morgan fingerprint density at radius 3 is 2.47 bits per heavy atom. The van der Waals surface area contributed by atoms with Gasteiger partial charge in [-0.1, -0.05) is 12.1 Å². The van der Waals surface area contributed by atoms with Gasteiger partial charge in [-0.3, -0.25) is 4.79 Å². The molecule has 1 aromatic heterocycles. The molecule has 8 heteroatoms. The molecule has 3 aromatic rings. The first-order valence-corrected chi connectivity index (χ1v) is 9.27. The lowest BCUT2D eigenvalue weighted by atomic mass is 10.1. The van der Waals surface area contributed by atoms with Crippen LogP contribution in [-0.2, 0) is 16.0 Å². The van der Waals surface area contributed by atoms with E-state index in [-0.39, 0.29) is 18.1 Å². The minimum atomic E-state index is -2.88. The van der Waals surface area contributed by atoms with Crippen molar-refractivity contribution in [3.8, 4) is 17.1 Å². The number of hydrogen-bond donors (Lipinski definition) is 2. The minimum Gasteiger partial charge on any atom is -0.466 e. The third kappa shape index (κ3) is 5.81. The van der Waals surface area contributed by atoms with E-state index in [4.69, 9.17) is 9.15 Å². The zero-order chi connectivity index (χ0) is 21.5. The molecule has 0 spiro atoms. The van der Waals surface area contributed by atoms with Gasteiger partial charge in [-0.15, -0.1) is 0 Å². The highest BCUT2D eigenvalue weighted by atomic mass is 19.3. The number of aliphatic hydroxyl groups is 1. The van der Waals surface area contributed by atoms with Crippen LogP contribution in [0.15, 0.2) is 65.3 Å². The van der Waals surface area contributed by atoms with Crippen LogP contribution in [0, 0.1) is 0 Å². The number of hydrogen-bond acceptors (Lipinski definition) is 6. The Kier molecular flexibility index (Phi) is 7.03. The number of alkyl halides is 2. The van der Waals surface area contributed by atoms with Gasteiger partial charge in [0, 0.05) is 16.8 Å². The van der Waals surface area contributed by atoms with E-state index in [1.165, 1.54) is 18.4 Å². The van der Waals surface area contributed by atoms with E-state index in [0.717, 1.165) is 5.56 Å². The van der Waals surface area contributed by atoms with E-state index in [2.05, 4.69) is 10.1 Å². The Morgan fingerprint density at radius 2 is 1.83 bits per heavy atom. The number of carbonyl (C=O) groups excluding carboxylic acids is 1. The molecule has 1 atom stereocenters. The van der Waals surface area contributed by atoms with Crippen LogP contribution in [-0.4, -0.2) is 24.3 Å². The minimum absolute atomic E-state index is 0.0497. The summed E-state index contributed by atoms with van der Waals surface area (Å²) in [5.74, 6) is 0.228. The molecule has 0 saturated carbocycles. The van der Waals surface area contributed by atoms with Crippen LogP contribution >= 0.6 is 0 Å². The highest BCUT2D eigenvalue weighted by Gasteiger charge is 2.13. The maximum absolute atomic E-state index is 12.2. The van der Waals surface area contributed by atoms with E-state index < -0.39 is 12.8 Å². The van der Waals surface area contributed by atoms with Crippen LogP contribution in [0.1, 0.15) is 24.3 Å². The summed E-state index contributed by atoms with van der Waals surface area (Å²) in [6.45, 7) is -0.790. The van der Waals surface area contributed by atoms with Gasteiger partial charge >= 0.3 is 12.6 Å². The summed E-state index contributed by atoms with van der Waals surface area (Å²) in [6.07, 6.45) is 0.564. The number of carbonyl (C=O) groups is 1. The van der Waals surface area contributed by atoms with Crippen molar-refractivity contribution in [2.45, 2.75) is 26.2 Å². The molecule has 30 heavy (non-hydrogen) atoms. The fourth-order valence-electron chi connectivity index (χ4n) is 2.79. The number of furan rings is 1. The summed E-state index contributed by atoms with van der Waals surface area (Å²) in [4.78, 5) is 11.5. The molecule has 1 unspecified atom stereocenters. The summed E-state index contributed by atoms with van der Waals surface area (Å²) < 4.78 is 39.2. The van der Waals surface area contributed by atoms with Crippen LogP contribution in [0.4, 0.5) is 14.5 Å². The van der Waals surface area contributed by atoms with Gasteiger partial charge in [0.2, 0.25) is 0 Å². The lowest BCUT2D eigenvalue weighted by Crippen LogP contribution is -2.09. The number of aliphatic hydroxyl groups excluding tert-OH is 1. The molecular weight excluding hydrogens is 396 g/mol. The van der Waals surface area contributed by atoms with Crippen molar-refractivity contribution in [3.05, 3.63) is 72.0 Å².